The Labute approximate surface area is 343 Å². The van der Waals surface area contributed by atoms with Gasteiger partial charge in [-0.15, -0.1) is 11.3 Å². The first-order chi connectivity index (χ1) is 27.3. The zero-order valence-electron chi connectivity index (χ0n) is 33.4. The summed E-state index contributed by atoms with van der Waals surface area (Å²) < 4.78 is 64.5. The van der Waals surface area contributed by atoms with Gasteiger partial charge in [0, 0.05) is 42.2 Å². The van der Waals surface area contributed by atoms with Gasteiger partial charge in [0.1, 0.15) is 52.2 Å². The van der Waals surface area contributed by atoms with Crippen LogP contribution in [0.3, 0.4) is 0 Å². The minimum Gasteiger partial charge on any atom is -0.461 e. The van der Waals surface area contributed by atoms with Crippen LogP contribution < -0.4 is 24.7 Å². The number of piperazine rings is 1. The number of amides is 2. The lowest BCUT2D eigenvalue weighted by Gasteiger charge is -2.42. The highest BCUT2D eigenvalue weighted by atomic mass is 35.5. The van der Waals surface area contributed by atoms with Crippen molar-refractivity contribution in [2.45, 2.75) is 109 Å². The Balaban J connectivity index is 1.34. The molecule has 4 atom stereocenters. The van der Waals surface area contributed by atoms with Crippen LogP contribution in [0.25, 0.3) is 22.8 Å². The molecule has 7 rings (SSSR count). The highest BCUT2D eigenvalue weighted by Gasteiger charge is 2.50. The summed E-state index contributed by atoms with van der Waals surface area (Å²) in [6.45, 7) is 15.9. The standard InChI is InChI=1S/C41H47ClF3N7O5S/c1-8-30(44)33-25(28(17-46)35(58-33)49-37(53)56-39(2,3)4)14-26-29(42)15-27-32(31(26)45)47-36(55-21-41-12-9-13-51(41)18-22(43)16-41)48-34(27)50-19-23-10-11-24(20-50)52(23)38(54)57-40(5,6)7/h8,14-15,22-24H,1,9-13,16,18-21H2,2-7H3,(H,49,53)/b25-14+,33-30-/t22-,23?,24?,41+/m1/s1. The maximum atomic E-state index is 17.2. The first-order valence-corrected chi connectivity index (χ1v) is 20.5. The van der Waals surface area contributed by atoms with E-state index in [9.17, 15) is 19.2 Å². The fraction of sp³-hybridized carbons (Fsp3) is 0.537. The summed E-state index contributed by atoms with van der Waals surface area (Å²) in [5.41, 5.74) is -2.56. The number of rotatable bonds is 7. The van der Waals surface area contributed by atoms with Crippen LogP contribution in [0.15, 0.2) is 18.7 Å². The van der Waals surface area contributed by atoms with E-state index in [0.29, 0.717) is 31.9 Å². The Morgan fingerprint density at radius 1 is 1.14 bits per heavy atom. The zero-order chi connectivity index (χ0) is 41.9. The number of fused-ring (bicyclic) bond motifs is 4. The summed E-state index contributed by atoms with van der Waals surface area (Å²) in [6.07, 6.45) is 3.33. The lowest BCUT2D eigenvalue weighted by atomic mass is 9.95. The molecule has 17 heteroatoms. The molecule has 310 valence electrons. The third kappa shape index (κ3) is 8.18. The van der Waals surface area contributed by atoms with Crippen LogP contribution in [-0.4, -0.2) is 99.7 Å². The SMILES string of the molecule is C=C/C(F)=c1/sc(NC(=O)OC(C)(C)C)c(C#N)/c1=C\c1c(Cl)cc2c(N3CC4CCC(C3)N4C(=O)OC(C)(C)C)nc(OC[C@@]34CCCN3C[C@H](F)C4)nc2c1F. The van der Waals surface area contributed by atoms with E-state index in [-0.39, 0.29) is 66.5 Å². The van der Waals surface area contributed by atoms with Crippen molar-refractivity contribution in [1.82, 2.24) is 19.8 Å². The molecule has 1 aromatic carbocycles. The van der Waals surface area contributed by atoms with E-state index in [1.807, 2.05) is 31.7 Å². The first-order valence-electron chi connectivity index (χ1n) is 19.3. The predicted octanol–water partition coefficient (Wildman–Crippen LogP) is 7.34. The highest BCUT2D eigenvalue weighted by molar-refractivity contribution is 7.14. The van der Waals surface area contributed by atoms with Gasteiger partial charge in [-0.05, 0) is 92.0 Å². The van der Waals surface area contributed by atoms with Crippen molar-refractivity contribution < 1.29 is 37.0 Å². The maximum absolute atomic E-state index is 17.2. The number of ether oxygens (including phenoxy) is 3. The smallest absolute Gasteiger partial charge is 0.412 e. The van der Waals surface area contributed by atoms with Crippen LogP contribution in [-0.2, 0) is 9.47 Å². The van der Waals surface area contributed by atoms with Crippen molar-refractivity contribution >= 4 is 68.7 Å². The topological polar surface area (TPSA) is 133 Å². The van der Waals surface area contributed by atoms with E-state index in [1.54, 1.807) is 25.7 Å². The molecule has 6 heterocycles. The van der Waals surface area contributed by atoms with E-state index in [4.69, 9.17) is 30.8 Å². The Morgan fingerprint density at radius 2 is 1.83 bits per heavy atom. The molecule has 58 heavy (non-hydrogen) atoms. The highest BCUT2D eigenvalue weighted by Crippen LogP contribution is 2.42. The van der Waals surface area contributed by atoms with Gasteiger partial charge in [0.15, 0.2) is 5.82 Å². The second-order valence-electron chi connectivity index (χ2n) is 17.3. The maximum Gasteiger partial charge on any atom is 0.412 e. The van der Waals surface area contributed by atoms with Gasteiger partial charge in [-0.3, -0.25) is 15.1 Å². The van der Waals surface area contributed by atoms with Gasteiger partial charge < -0.3 is 19.1 Å². The van der Waals surface area contributed by atoms with Crippen LogP contribution in [0.5, 0.6) is 6.01 Å². The molecule has 2 aromatic heterocycles. The minimum atomic E-state index is -0.991. The summed E-state index contributed by atoms with van der Waals surface area (Å²) in [5.74, 6) is -1.36. The number of nitrogens with zero attached hydrogens (tertiary/aromatic N) is 6. The van der Waals surface area contributed by atoms with E-state index in [2.05, 4.69) is 21.8 Å². The molecule has 4 fully saturated rings. The number of benzene rings is 1. The van der Waals surface area contributed by atoms with Crippen molar-refractivity contribution in [1.29, 1.82) is 5.26 Å². The number of aromatic nitrogens is 2. The normalized spacial score (nSPS) is 24.2. The molecule has 12 nitrogen and oxygen atoms in total. The Morgan fingerprint density at radius 3 is 2.47 bits per heavy atom. The number of carbonyl (C=O) groups excluding carboxylic acids is 2. The van der Waals surface area contributed by atoms with E-state index < -0.39 is 46.7 Å². The molecule has 2 unspecified atom stereocenters. The van der Waals surface area contributed by atoms with Gasteiger partial charge in [0.05, 0.1) is 32.7 Å². The fourth-order valence-electron chi connectivity index (χ4n) is 8.54. The lowest BCUT2D eigenvalue weighted by molar-refractivity contribution is 0.0122. The predicted molar refractivity (Wildman–Crippen MR) is 217 cm³/mol. The monoisotopic (exact) mass is 841 g/mol. The van der Waals surface area contributed by atoms with Gasteiger partial charge in [-0.1, -0.05) is 18.2 Å². The van der Waals surface area contributed by atoms with E-state index in [1.165, 1.54) is 12.1 Å². The quantitative estimate of drug-likeness (QED) is 0.258. The summed E-state index contributed by atoms with van der Waals surface area (Å²) in [5, 5.41) is 12.9. The van der Waals surface area contributed by atoms with Gasteiger partial charge in [-0.25, -0.2) is 22.8 Å². The number of allylic oxidation sites excluding steroid dienone is 1. The fourth-order valence-corrected chi connectivity index (χ4v) is 9.83. The molecule has 0 saturated carbocycles. The summed E-state index contributed by atoms with van der Waals surface area (Å²) in [6, 6.07) is 2.98. The third-order valence-corrected chi connectivity index (χ3v) is 12.3. The van der Waals surface area contributed by atoms with E-state index in [0.717, 1.165) is 49.6 Å². The number of anilines is 2. The van der Waals surface area contributed by atoms with Crippen LogP contribution in [0.1, 0.15) is 84.8 Å². The van der Waals surface area contributed by atoms with Crippen molar-refractivity contribution in [2.75, 3.05) is 43.0 Å². The Bertz CT molecular complexity index is 2330. The zero-order valence-corrected chi connectivity index (χ0v) is 35.0. The van der Waals surface area contributed by atoms with Gasteiger partial charge in [-0.2, -0.15) is 15.2 Å². The molecule has 3 aromatic rings. The number of nitriles is 1. The average Bonchev–Trinajstić information content (AvgIpc) is 3.84. The van der Waals surface area contributed by atoms with Crippen molar-refractivity contribution in [3.8, 4) is 12.1 Å². The summed E-state index contributed by atoms with van der Waals surface area (Å²) in [4.78, 5) is 41.2. The molecule has 4 aliphatic heterocycles. The van der Waals surface area contributed by atoms with Crippen molar-refractivity contribution in [3.05, 3.63) is 50.4 Å². The van der Waals surface area contributed by atoms with Gasteiger partial charge >= 0.3 is 18.2 Å². The summed E-state index contributed by atoms with van der Waals surface area (Å²) >= 11 is 7.63. The summed E-state index contributed by atoms with van der Waals surface area (Å²) in [7, 11) is 0. The largest absolute Gasteiger partial charge is 0.461 e. The molecule has 0 aliphatic carbocycles. The molecule has 4 aliphatic rings. The molecule has 4 saturated heterocycles. The molecular weight excluding hydrogens is 795 g/mol. The van der Waals surface area contributed by atoms with Crippen LogP contribution in [0.2, 0.25) is 5.02 Å². The average molecular weight is 842 g/mol. The number of alkyl halides is 1. The van der Waals surface area contributed by atoms with Crippen LogP contribution in [0.4, 0.5) is 33.6 Å². The Hall–Kier alpha value is -4.59. The van der Waals surface area contributed by atoms with Gasteiger partial charge in [0.25, 0.3) is 0 Å². The van der Waals surface area contributed by atoms with Crippen LogP contribution in [0, 0.1) is 17.1 Å². The molecule has 2 amide bonds. The third-order valence-electron chi connectivity index (χ3n) is 10.9. The molecule has 0 spiro atoms. The molecular formula is C41H47ClF3N7O5S. The number of thiophene rings is 1. The molecule has 1 N–H and O–H groups in total. The second-order valence-corrected chi connectivity index (χ2v) is 18.8. The number of halogens is 4. The van der Waals surface area contributed by atoms with Gasteiger partial charge in [0.2, 0.25) is 0 Å². The first kappa shape index (κ1) is 41.6. The molecule has 0 radical (unpaired) electrons. The lowest BCUT2D eigenvalue weighted by Crippen LogP contribution is -2.57. The molecule has 2 bridgehead atoms. The minimum absolute atomic E-state index is 0.0180. The van der Waals surface area contributed by atoms with Crippen LogP contribution >= 0.6 is 22.9 Å². The number of nitrogens with one attached hydrogen (secondary N) is 1. The number of hydrogen-bond acceptors (Lipinski definition) is 11. The van der Waals surface area contributed by atoms with E-state index >= 15 is 8.78 Å². The number of carbonyl (C=O) groups is 2. The van der Waals surface area contributed by atoms with Crippen molar-refractivity contribution in [2.24, 2.45) is 0 Å². The van der Waals surface area contributed by atoms with Crippen molar-refractivity contribution in [3.63, 3.8) is 0 Å². The number of hydrogen-bond donors (Lipinski definition) is 1. The second kappa shape index (κ2) is 15.5. The Kier molecular flexibility index (Phi) is 11.1.